The summed E-state index contributed by atoms with van der Waals surface area (Å²) in [4.78, 5) is 2.51. The highest BCUT2D eigenvalue weighted by molar-refractivity contribution is 5.90. The van der Waals surface area contributed by atoms with Crippen LogP contribution in [-0.4, -0.2) is 13.6 Å². The molecule has 2 nitrogen and oxygen atoms in total. The molecule has 4 aromatic rings. The van der Waals surface area contributed by atoms with E-state index in [0.29, 0.717) is 0 Å². The van der Waals surface area contributed by atoms with E-state index in [-0.39, 0.29) is 10.8 Å². The molecule has 1 aliphatic rings. The van der Waals surface area contributed by atoms with Crippen molar-refractivity contribution in [2.75, 3.05) is 18.5 Å². The van der Waals surface area contributed by atoms with Gasteiger partial charge in [-0.15, -0.1) is 0 Å². The minimum absolute atomic E-state index is 0.00985. The lowest BCUT2D eigenvalue weighted by Gasteiger charge is -2.31. The number of hydrogen-bond donors (Lipinski definition) is 1. The molecule has 0 amide bonds. The number of benzene rings is 4. The van der Waals surface area contributed by atoms with E-state index in [2.05, 4.69) is 179 Å². The molecule has 44 heavy (non-hydrogen) atoms. The summed E-state index contributed by atoms with van der Waals surface area (Å²) < 4.78 is 0. The van der Waals surface area contributed by atoms with Gasteiger partial charge in [0.2, 0.25) is 0 Å². The molecule has 0 aliphatic carbocycles. The van der Waals surface area contributed by atoms with Crippen molar-refractivity contribution in [1.29, 1.82) is 0 Å². The standard InChI is InChI=1S/C42H48N2/c1-7-29-44-38-27-24-32(2)30-36(38)41(3,4)39(44)23-15-10-8-9-11-18-28-42(5,31-33-19-13-12-14-20-33)40-35-22-17-16-21-34(35)25-26-37(40)43-6/h8-27,30,43H,7,28-29,31H2,1-6H3/p+1/b9-8+,15-10+,18-11+,39-23+. The predicted octanol–water partition coefficient (Wildman–Crippen LogP) is 9.62. The zero-order chi connectivity index (χ0) is 31.2. The first-order valence-corrected chi connectivity index (χ1v) is 16.2. The lowest BCUT2D eigenvalue weighted by molar-refractivity contribution is -0.540. The summed E-state index contributed by atoms with van der Waals surface area (Å²) in [6, 6.07) is 31.2. The molecular weight excluding hydrogens is 532 g/mol. The molecule has 0 spiro atoms. The summed E-state index contributed by atoms with van der Waals surface area (Å²) in [5.74, 6) is 0. The van der Waals surface area contributed by atoms with Crippen molar-refractivity contribution in [2.24, 2.45) is 0 Å². The number of hydrogen-bond acceptors (Lipinski definition) is 1. The van der Waals surface area contributed by atoms with Gasteiger partial charge < -0.3 is 10.2 Å². The quantitative estimate of drug-likeness (QED) is 0.138. The molecule has 1 aliphatic heterocycles. The van der Waals surface area contributed by atoms with E-state index in [1.807, 2.05) is 0 Å². The molecule has 2 heteroatoms. The largest absolute Gasteiger partial charge is 0.344 e. The number of fused-ring (bicyclic) bond motifs is 2. The first kappa shape index (κ1) is 31.3. The third kappa shape index (κ3) is 6.51. The molecule has 226 valence electrons. The first-order valence-electron chi connectivity index (χ1n) is 16.2. The topological polar surface area (TPSA) is 19.9 Å². The molecule has 1 atom stereocenters. The Kier molecular flexibility index (Phi) is 9.71. The summed E-state index contributed by atoms with van der Waals surface area (Å²) in [5.41, 5.74) is 9.55. The first-order chi connectivity index (χ1) is 21.3. The van der Waals surface area contributed by atoms with Crippen molar-refractivity contribution in [3.05, 3.63) is 155 Å². The van der Waals surface area contributed by atoms with E-state index in [1.165, 1.54) is 50.1 Å². The zero-order valence-electron chi connectivity index (χ0n) is 27.5. The monoisotopic (exact) mass is 581 g/mol. The maximum atomic E-state index is 2.51. The van der Waals surface area contributed by atoms with Crippen molar-refractivity contribution in [3.63, 3.8) is 0 Å². The highest BCUT2D eigenvalue weighted by atomic mass is 15.2. The minimum atomic E-state index is -0.0567. The average molecular weight is 582 g/mol. The SMILES string of the molecule is CCCN1/C(=C/C=C/C=C/C=C/CC(C)(Cc2ccccc2)c2c([NH2+]C)ccc3ccccc23)C(C)(C)c2cc(C)ccc21. The van der Waals surface area contributed by atoms with Gasteiger partial charge in [0, 0.05) is 34.3 Å². The average Bonchev–Trinajstić information content (AvgIpc) is 3.23. The Hall–Kier alpha value is -4.14. The Morgan fingerprint density at radius 2 is 1.57 bits per heavy atom. The lowest BCUT2D eigenvalue weighted by Crippen LogP contribution is -2.73. The molecule has 0 saturated carbocycles. The molecule has 0 bridgehead atoms. The zero-order valence-corrected chi connectivity index (χ0v) is 27.5. The fourth-order valence-electron chi connectivity index (χ4n) is 7.01. The third-order valence-electron chi connectivity index (χ3n) is 9.21. The number of rotatable bonds is 11. The molecule has 0 aromatic heterocycles. The van der Waals surface area contributed by atoms with Crippen molar-refractivity contribution in [2.45, 2.75) is 64.7 Å². The van der Waals surface area contributed by atoms with Crippen LogP contribution in [0, 0.1) is 6.92 Å². The van der Waals surface area contributed by atoms with E-state index < -0.39 is 0 Å². The number of nitrogens with two attached hydrogens (primary N) is 1. The van der Waals surface area contributed by atoms with Crippen LogP contribution in [0.3, 0.4) is 0 Å². The lowest BCUT2D eigenvalue weighted by atomic mass is 9.72. The van der Waals surface area contributed by atoms with Crippen LogP contribution in [0.1, 0.15) is 62.8 Å². The van der Waals surface area contributed by atoms with Crippen LogP contribution in [0.4, 0.5) is 11.4 Å². The highest BCUT2D eigenvalue weighted by Gasteiger charge is 2.39. The fourth-order valence-corrected chi connectivity index (χ4v) is 7.01. The second kappa shape index (κ2) is 13.7. The maximum Gasteiger partial charge on any atom is 0.133 e. The predicted molar refractivity (Wildman–Crippen MR) is 191 cm³/mol. The summed E-state index contributed by atoms with van der Waals surface area (Å²) in [6.45, 7) is 12.6. The summed E-state index contributed by atoms with van der Waals surface area (Å²) in [7, 11) is 2.16. The second-order valence-corrected chi connectivity index (χ2v) is 13.0. The van der Waals surface area contributed by atoms with Gasteiger partial charge in [-0.2, -0.15) is 0 Å². The van der Waals surface area contributed by atoms with Crippen LogP contribution in [0.15, 0.2) is 133 Å². The van der Waals surface area contributed by atoms with Crippen LogP contribution in [-0.2, 0) is 17.3 Å². The van der Waals surface area contributed by atoms with Gasteiger partial charge >= 0.3 is 0 Å². The minimum Gasteiger partial charge on any atom is -0.344 e. The number of nitrogens with zero attached hydrogens (tertiary/aromatic N) is 1. The van der Waals surface area contributed by atoms with Crippen molar-refractivity contribution in [1.82, 2.24) is 0 Å². The smallest absolute Gasteiger partial charge is 0.133 e. The van der Waals surface area contributed by atoms with Crippen molar-refractivity contribution in [3.8, 4) is 0 Å². The fraction of sp³-hybridized carbons (Fsp3) is 0.286. The summed E-state index contributed by atoms with van der Waals surface area (Å²) >= 11 is 0. The number of allylic oxidation sites excluding steroid dienone is 8. The molecule has 1 unspecified atom stereocenters. The second-order valence-electron chi connectivity index (χ2n) is 13.0. The van der Waals surface area contributed by atoms with E-state index in [4.69, 9.17) is 0 Å². The van der Waals surface area contributed by atoms with Gasteiger partial charge in [-0.25, -0.2) is 0 Å². The van der Waals surface area contributed by atoms with Gasteiger partial charge in [-0.3, -0.25) is 0 Å². The third-order valence-corrected chi connectivity index (χ3v) is 9.21. The van der Waals surface area contributed by atoms with Gasteiger partial charge in [0.05, 0.1) is 7.05 Å². The van der Waals surface area contributed by atoms with Crippen LogP contribution < -0.4 is 10.2 Å². The van der Waals surface area contributed by atoms with E-state index >= 15 is 0 Å². The molecule has 0 saturated heterocycles. The van der Waals surface area contributed by atoms with Crippen molar-refractivity contribution < 1.29 is 5.32 Å². The van der Waals surface area contributed by atoms with Crippen LogP contribution in [0.25, 0.3) is 10.8 Å². The molecule has 2 N–H and O–H groups in total. The van der Waals surface area contributed by atoms with Crippen LogP contribution >= 0.6 is 0 Å². The summed E-state index contributed by atoms with van der Waals surface area (Å²) in [6.07, 6.45) is 18.6. The highest BCUT2D eigenvalue weighted by Crippen LogP contribution is 2.48. The van der Waals surface area contributed by atoms with E-state index in [9.17, 15) is 0 Å². The number of quaternary nitrogens is 1. The van der Waals surface area contributed by atoms with Gasteiger partial charge in [-0.05, 0) is 72.4 Å². The molecule has 5 rings (SSSR count). The van der Waals surface area contributed by atoms with E-state index in [1.54, 1.807) is 0 Å². The van der Waals surface area contributed by atoms with E-state index in [0.717, 1.165) is 25.8 Å². The van der Waals surface area contributed by atoms with Gasteiger partial charge in [0.15, 0.2) is 0 Å². The van der Waals surface area contributed by atoms with Gasteiger partial charge in [0.25, 0.3) is 0 Å². The number of anilines is 1. The Morgan fingerprint density at radius 3 is 2.34 bits per heavy atom. The molecule has 0 radical (unpaired) electrons. The van der Waals surface area contributed by atoms with Crippen molar-refractivity contribution >= 4 is 22.1 Å². The van der Waals surface area contributed by atoms with Gasteiger partial charge in [-0.1, -0.05) is 136 Å². The van der Waals surface area contributed by atoms with Gasteiger partial charge in [0.1, 0.15) is 5.69 Å². The molecular formula is C42H49N2+. The number of aryl methyl sites for hydroxylation is 1. The maximum absolute atomic E-state index is 2.51. The Balaban J connectivity index is 1.36. The Labute approximate surface area is 265 Å². The molecule has 0 fully saturated rings. The molecule has 4 aromatic carbocycles. The van der Waals surface area contributed by atoms with Crippen LogP contribution in [0.2, 0.25) is 0 Å². The Morgan fingerprint density at radius 1 is 0.841 bits per heavy atom. The summed E-state index contributed by atoms with van der Waals surface area (Å²) in [5, 5.41) is 4.92. The van der Waals surface area contributed by atoms with Crippen LogP contribution in [0.5, 0.6) is 0 Å². The molecule has 1 heterocycles. The normalized spacial score (nSPS) is 17.0. The Bertz CT molecular complexity index is 1700.